The van der Waals surface area contributed by atoms with Gasteiger partial charge in [-0.1, -0.05) is 33.6 Å². The Bertz CT molecular complexity index is 1230. The van der Waals surface area contributed by atoms with Crippen molar-refractivity contribution in [2.75, 3.05) is 7.11 Å². The quantitative estimate of drug-likeness (QED) is 0.614. The molecule has 0 N–H and O–H groups in total. The molecule has 2 aliphatic rings. The topological polar surface area (TPSA) is 90.0 Å². The molecule has 0 fully saturated rings. The molecular weight excluding hydrogens is 474 g/mol. The summed E-state index contributed by atoms with van der Waals surface area (Å²) >= 11 is 3.31. The maximum atomic E-state index is 13.2. The SMILES string of the molecule is COC(=O)C1=CN(S(=O)(=O)c2ccc(C)cc2)C=C2C(=O)c3cc(Br)ccc3OC12. The Kier molecular flexibility index (Phi) is 5.03. The molecule has 0 aromatic heterocycles. The molecule has 2 aromatic rings. The van der Waals surface area contributed by atoms with Crippen molar-refractivity contribution in [3.8, 4) is 5.75 Å². The lowest BCUT2D eigenvalue weighted by Crippen LogP contribution is -2.40. The van der Waals surface area contributed by atoms with Crippen molar-refractivity contribution >= 4 is 37.7 Å². The summed E-state index contributed by atoms with van der Waals surface area (Å²) in [7, 11) is -2.88. The van der Waals surface area contributed by atoms with Crippen molar-refractivity contribution in [1.82, 2.24) is 4.31 Å². The molecule has 0 radical (unpaired) electrons. The first kappa shape index (κ1) is 20.4. The molecule has 0 bridgehead atoms. The number of carbonyl (C=O) groups is 2. The predicted octanol–water partition coefficient (Wildman–Crippen LogP) is 3.35. The van der Waals surface area contributed by atoms with Crippen LogP contribution in [-0.2, 0) is 19.6 Å². The van der Waals surface area contributed by atoms with Crippen LogP contribution in [0, 0.1) is 6.92 Å². The van der Waals surface area contributed by atoms with Gasteiger partial charge in [0.2, 0.25) is 0 Å². The number of methoxy groups -OCH3 is 1. The van der Waals surface area contributed by atoms with Gasteiger partial charge in [0.25, 0.3) is 10.0 Å². The lowest BCUT2D eigenvalue weighted by Gasteiger charge is -2.33. The zero-order chi connectivity index (χ0) is 21.6. The Balaban J connectivity index is 1.86. The highest BCUT2D eigenvalue weighted by Crippen LogP contribution is 2.38. The summed E-state index contributed by atoms with van der Waals surface area (Å²) in [6.45, 7) is 1.84. The zero-order valence-electron chi connectivity index (χ0n) is 16.0. The standard InChI is InChI=1S/C21H16BrNO6S/c1-12-3-6-14(7-4-12)30(26,27)23-10-16-19(24)15-9-13(22)5-8-18(15)29-20(16)17(11-23)21(25)28-2/h3-11,20H,1-2H3. The maximum Gasteiger partial charge on any atom is 0.339 e. The molecule has 7 nitrogen and oxygen atoms in total. The van der Waals surface area contributed by atoms with Crippen molar-refractivity contribution < 1.29 is 27.5 Å². The molecule has 1 unspecified atom stereocenters. The predicted molar refractivity (Wildman–Crippen MR) is 111 cm³/mol. The summed E-state index contributed by atoms with van der Waals surface area (Å²) in [5.41, 5.74) is 1.10. The fraction of sp³-hybridized carbons (Fsp3) is 0.143. The molecule has 1 atom stereocenters. The first-order valence-electron chi connectivity index (χ1n) is 8.85. The van der Waals surface area contributed by atoms with Crippen molar-refractivity contribution in [3.63, 3.8) is 0 Å². The second-order valence-corrected chi connectivity index (χ2v) is 9.53. The van der Waals surface area contributed by atoms with E-state index in [0.29, 0.717) is 10.2 Å². The molecular formula is C21H16BrNO6S. The molecule has 0 aliphatic carbocycles. The number of nitrogens with zero attached hydrogens (tertiary/aromatic N) is 1. The van der Waals surface area contributed by atoms with Gasteiger partial charge in [-0.15, -0.1) is 0 Å². The van der Waals surface area contributed by atoms with E-state index in [1.807, 2.05) is 6.92 Å². The van der Waals surface area contributed by atoms with Crippen LogP contribution in [0.4, 0.5) is 0 Å². The molecule has 2 aromatic carbocycles. The van der Waals surface area contributed by atoms with Crippen molar-refractivity contribution in [1.29, 1.82) is 0 Å². The summed E-state index contributed by atoms with van der Waals surface area (Å²) < 4.78 is 38.5. The highest BCUT2D eigenvalue weighted by Gasteiger charge is 2.42. The van der Waals surface area contributed by atoms with E-state index in [4.69, 9.17) is 9.47 Å². The van der Waals surface area contributed by atoms with E-state index >= 15 is 0 Å². The number of ketones is 1. The summed E-state index contributed by atoms with van der Waals surface area (Å²) in [5, 5.41) is 0. The molecule has 30 heavy (non-hydrogen) atoms. The average molecular weight is 490 g/mol. The van der Waals surface area contributed by atoms with Crippen LogP contribution in [-0.4, -0.2) is 37.7 Å². The minimum absolute atomic E-state index is 0.0242. The number of ether oxygens (including phenoxy) is 2. The van der Waals surface area contributed by atoms with Crippen LogP contribution in [0.15, 0.2) is 75.4 Å². The number of halogens is 1. The van der Waals surface area contributed by atoms with Crippen LogP contribution in [0.5, 0.6) is 5.75 Å². The first-order chi connectivity index (χ1) is 14.2. The molecule has 9 heteroatoms. The molecule has 0 amide bonds. The molecule has 0 saturated carbocycles. The number of rotatable bonds is 3. The highest BCUT2D eigenvalue weighted by molar-refractivity contribution is 9.10. The zero-order valence-corrected chi connectivity index (χ0v) is 18.4. The van der Waals surface area contributed by atoms with Gasteiger partial charge in [-0.2, -0.15) is 0 Å². The number of carbonyl (C=O) groups excluding carboxylic acids is 2. The number of esters is 1. The number of fused-ring (bicyclic) bond motifs is 2. The number of Topliss-reactive ketones (excluding diaryl/α,β-unsaturated/α-hetero) is 1. The summed E-state index contributed by atoms with van der Waals surface area (Å²) in [4.78, 5) is 25.6. The van der Waals surface area contributed by atoms with Gasteiger partial charge in [0, 0.05) is 16.9 Å². The number of hydrogen-bond donors (Lipinski definition) is 0. The largest absolute Gasteiger partial charge is 0.480 e. The Hall–Kier alpha value is -2.91. The smallest absolute Gasteiger partial charge is 0.339 e. The Morgan fingerprint density at radius 1 is 1.13 bits per heavy atom. The fourth-order valence-electron chi connectivity index (χ4n) is 3.23. The van der Waals surface area contributed by atoms with E-state index in [2.05, 4.69) is 15.9 Å². The van der Waals surface area contributed by atoms with E-state index in [0.717, 1.165) is 16.1 Å². The van der Waals surface area contributed by atoms with Crippen molar-refractivity contribution in [2.24, 2.45) is 0 Å². The minimum Gasteiger partial charge on any atom is -0.480 e. The fourth-order valence-corrected chi connectivity index (χ4v) is 4.82. The second kappa shape index (κ2) is 7.41. The summed E-state index contributed by atoms with van der Waals surface area (Å²) in [6.07, 6.45) is 1.26. The monoisotopic (exact) mass is 489 g/mol. The number of sulfonamides is 1. The van der Waals surface area contributed by atoms with Gasteiger partial charge in [-0.25, -0.2) is 17.5 Å². The molecule has 154 valence electrons. The van der Waals surface area contributed by atoms with E-state index in [1.165, 1.54) is 25.4 Å². The Morgan fingerprint density at radius 2 is 1.83 bits per heavy atom. The van der Waals surface area contributed by atoms with E-state index in [1.54, 1.807) is 30.3 Å². The van der Waals surface area contributed by atoms with Crippen LogP contribution < -0.4 is 4.74 Å². The van der Waals surface area contributed by atoms with Gasteiger partial charge in [0.1, 0.15) is 5.75 Å². The van der Waals surface area contributed by atoms with E-state index < -0.39 is 27.9 Å². The maximum absolute atomic E-state index is 13.2. The van der Waals surface area contributed by atoms with Gasteiger partial charge in [0.05, 0.1) is 28.7 Å². The summed E-state index contributed by atoms with van der Waals surface area (Å²) in [5.74, 6) is -0.917. The molecule has 2 heterocycles. The highest BCUT2D eigenvalue weighted by atomic mass is 79.9. The third kappa shape index (κ3) is 3.33. The number of benzene rings is 2. The minimum atomic E-state index is -4.06. The van der Waals surface area contributed by atoms with Crippen LogP contribution in [0.25, 0.3) is 0 Å². The normalized spacial score (nSPS) is 17.9. The molecule has 2 aliphatic heterocycles. The second-order valence-electron chi connectivity index (χ2n) is 6.78. The van der Waals surface area contributed by atoms with Crippen LogP contribution >= 0.6 is 15.9 Å². The lowest BCUT2D eigenvalue weighted by molar-refractivity contribution is -0.137. The van der Waals surface area contributed by atoms with Gasteiger partial charge in [-0.3, -0.25) is 4.79 Å². The molecule has 0 saturated heterocycles. The van der Waals surface area contributed by atoms with Crippen molar-refractivity contribution in [3.05, 3.63) is 81.6 Å². The van der Waals surface area contributed by atoms with Gasteiger partial charge < -0.3 is 9.47 Å². The number of aryl methyl sites for hydroxylation is 1. The molecule has 4 rings (SSSR count). The van der Waals surface area contributed by atoms with Crippen molar-refractivity contribution in [2.45, 2.75) is 17.9 Å². The van der Waals surface area contributed by atoms with Gasteiger partial charge >= 0.3 is 5.97 Å². The summed E-state index contributed by atoms with van der Waals surface area (Å²) in [6, 6.07) is 11.2. The molecule has 0 spiro atoms. The van der Waals surface area contributed by atoms with Crippen LogP contribution in [0.2, 0.25) is 0 Å². The third-order valence-corrected chi connectivity index (χ3v) is 6.94. The lowest BCUT2D eigenvalue weighted by atomic mass is 9.90. The Morgan fingerprint density at radius 3 is 2.50 bits per heavy atom. The van der Waals surface area contributed by atoms with Crippen LogP contribution in [0.1, 0.15) is 15.9 Å². The average Bonchev–Trinajstić information content (AvgIpc) is 2.73. The Labute approximate surface area is 181 Å². The van der Waals surface area contributed by atoms with E-state index in [9.17, 15) is 18.0 Å². The first-order valence-corrected chi connectivity index (χ1v) is 11.1. The van der Waals surface area contributed by atoms with Gasteiger partial charge in [-0.05, 0) is 37.3 Å². The van der Waals surface area contributed by atoms with Crippen LogP contribution in [0.3, 0.4) is 0 Å². The number of hydrogen-bond acceptors (Lipinski definition) is 6. The van der Waals surface area contributed by atoms with E-state index in [-0.39, 0.29) is 21.6 Å². The third-order valence-electron chi connectivity index (χ3n) is 4.81. The van der Waals surface area contributed by atoms with Gasteiger partial charge in [0.15, 0.2) is 11.9 Å².